The average Bonchev–Trinajstić information content (AvgIpc) is 3.06. The highest BCUT2D eigenvalue weighted by Gasteiger charge is 2.22. The molecule has 29 heavy (non-hydrogen) atoms. The minimum absolute atomic E-state index is 0.183. The van der Waals surface area contributed by atoms with Crippen molar-refractivity contribution in [3.8, 4) is 0 Å². The number of benzene rings is 1. The minimum atomic E-state index is 0.183. The van der Waals surface area contributed by atoms with E-state index in [1.54, 1.807) is 16.0 Å². The molecule has 4 rings (SSSR count). The van der Waals surface area contributed by atoms with Gasteiger partial charge in [0.2, 0.25) is 5.91 Å². The zero-order chi connectivity index (χ0) is 20.5. The van der Waals surface area contributed by atoms with E-state index >= 15 is 0 Å². The molecule has 0 bridgehead atoms. The van der Waals surface area contributed by atoms with Crippen molar-refractivity contribution in [3.05, 3.63) is 50.6 Å². The lowest BCUT2D eigenvalue weighted by molar-refractivity contribution is -0.130. The zero-order valence-corrected chi connectivity index (χ0v) is 18.9. The molecular formula is C21H24Cl2N4OS. The zero-order valence-electron chi connectivity index (χ0n) is 16.6. The van der Waals surface area contributed by atoms with E-state index in [2.05, 4.69) is 15.4 Å². The second-order valence-electron chi connectivity index (χ2n) is 7.57. The lowest BCUT2D eigenvalue weighted by Crippen LogP contribution is -2.36. The third kappa shape index (κ3) is 4.45. The number of aryl methyl sites for hydroxylation is 2. The Bertz CT molecular complexity index is 1040. The molecule has 1 amide bonds. The van der Waals surface area contributed by atoms with Gasteiger partial charge in [-0.25, -0.2) is 0 Å². The van der Waals surface area contributed by atoms with Crippen LogP contribution in [-0.4, -0.2) is 51.7 Å². The Kier molecular flexibility index (Phi) is 6.16. The topological polar surface area (TPSA) is 41.4 Å². The third-order valence-corrected chi connectivity index (χ3v) is 7.27. The van der Waals surface area contributed by atoms with Crippen molar-refractivity contribution >= 4 is 50.5 Å². The van der Waals surface area contributed by atoms with Gasteiger partial charge in [0.25, 0.3) is 0 Å². The number of carbonyl (C=O) groups is 1. The van der Waals surface area contributed by atoms with E-state index in [-0.39, 0.29) is 5.91 Å². The summed E-state index contributed by atoms with van der Waals surface area (Å²) in [6.45, 7) is 6.08. The highest BCUT2D eigenvalue weighted by Crippen LogP contribution is 2.29. The normalized spacial score (nSPS) is 15.8. The molecule has 5 nitrogen and oxygen atoms in total. The minimum Gasteiger partial charge on any atom is -0.341 e. The first kappa shape index (κ1) is 20.7. The van der Waals surface area contributed by atoms with Gasteiger partial charge in [0.1, 0.15) is 5.15 Å². The Morgan fingerprint density at radius 1 is 1.21 bits per heavy atom. The van der Waals surface area contributed by atoms with E-state index in [0.717, 1.165) is 61.4 Å². The van der Waals surface area contributed by atoms with Gasteiger partial charge in [-0.2, -0.15) is 5.10 Å². The smallest absolute Gasteiger partial charge is 0.227 e. The van der Waals surface area contributed by atoms with Gasteiger partial charge in [0.05, 0.1) is 12.1 Å². The number of carbonyl (C=O) groups excluding carboxylic acids is 1. The number of aromatic nitrogens is 2. The van der Waals surface area contributed by atoms with Crippen LogP contribution in [0, 0.1) is 6.92 Å². The first-order valence-electron chi connectivity index (χ1n) is 9.76. The molecule has 1 fully saturated rings. The Morgan fingerprint density at radius 2 is 2.03 bits per heavy atom. The summed E-state index contributed by atoms with van der Waals surface area (Å²) in [5.74, 6) is 0.183. The maximum atomic E-state index is 13.0. The molecule has 1 aromatic carbocycles. The van der Waals surface area contributed by atoms with E-state index < -0.39 is 0 Å². The van der Waals surface area contributed by atoms with E-state index in [1.807, 2.05) is 37.1 Å². The number of halogens is 2. The van der Waals surface area contributed by atoms with Crippen LogP contribution in [0.25, 0.3) is 10.1 Å². The quantitative estimate of drug-likeness (QED) is 0.586. The molecule has 1 aliphatic rings. The van der Waals surface area contributed by atoms with Crippen molar-refractivity contribution < 1.29 is 4.79 Å². The number of hydrogen-bond donors (Lipinski definition) is 0. The first-order chi connectivity index (χ1) is 13.9. The average molecular weight is 451 g/mol. The van der Waals surface area contributed by atoms with Crippen LogP contribution in [-0.2, 0) is 24.8 Å². The van der Waals surface area contributed by atoms with E-state index in [9.17, 15) is 4.79 Å². The predicted octanol–water partition coefficient (Wildman–Crippen LogP) is 4.53. The molecule has 0 saturated carbocycles. The van der Waals surface area contributed by atoms with E-state index in [1.165, 1.54) is 4.70 Å². The molecule has 0 unspecified atom stereocenters. The van der Waals surface area contributed by atoms with Crippen LogP contribution in [0.5, 0.6) is 0 Å². The van der Waals surface area contributed by atoms with Crippen molar-refractivity contribution in [1.82, 2.24) is 19.6 Å². The van der Waals surface area contributed by atoms with E-state index in [0.29, 0.717) is 16.6 Å². The van der Waals surface area contributed by atoms with Gasteiger partial charge in [0.15, 0.2) is 0 Å². The SMILES string of the molecule is Cc1nn(C)c(Cl)c1CN1CCCN(C(=O)Cc2csc3ccc(Cl)cc23)CC1. The number of thiophene rings is 1. The molecule has 8 heteroatoms. The molecule has 0 aliphatic carbocycles. The molecule has 3 aromatic rings. The molecule has 1 saturated heterocycles. The molecule has 1 aliphatic heterocycles. The van der Waals surface area contributed by atoms with Crippen molar-refractivity contribution in [2.75, 3.05) is 26.2 Å². The van der Waals surface area contributed by atoms with Gasteiger partial charge in [-0.1, -0.05) is 23.2 Å². The van der Waals surface area contributed by atoms with Gasteiger partial charge in [-0.05, 0) is 47.9 Å². The van der Waals surface area contributed by atoms with Crippen molar-refractivity contribution in [3.63, 3.8) is 0 Å². The first-order valence-corrected chi connectivity index (χ1v) is 11.4. The van der Waals surface area contributed by atoms with Crippen LogP contribution in [0.1, 0.15) is 23.2 Å². The van der Waals surface area contributed by atoms with Crippen LogP contribution in [0.3, 0.4) is 0 Å². The molecule has 0 spiro atoms. The third-order valence-electron chi connectivity index (χ3n) is 5.55. The fourth-order valence-electron chi connectivity index (χ4n) is 3.92. The second kappa shape index (κ2) is 8.64. The Morgan fingerprint density at radius 3 is 2.79 bits per heavy atom. The maximum absolute atomic E-state index is 13.0. The molecule has 3 heterocycles. The Labute approximate surface area is 184 Å². The number of amides is 1. The van der Waals surface area contributed by atoms with Crippen LogP contribution in [0.2, 0.25) is 10.2 Å². The summed E-state index contributed by atoms with van der Waals surface area (Å²) in [6, 6.07) is 5.87. The highest BCUT2D eigenvalue weighted by atomic mass is 35.5. The van der Waals surface area contributed by atoms with Gasteiger partial charge < -0.3 is 4.90 Å². The summed E-state index contributed by atoms with van der Waals surface area (Å²) in [6.07, 6.45) is 1.38. The van der Waals surface area contributed by atoms with E-state index in [4.69, 9.17) is 23.2 Å². The summed E-state index contributed by atoms with van der Waals surface area (Å²) in [5, 5.41) is 8.98. The molecule has 0 radical (unpaired) electrons. The van der Waals surface area contributed by atoms with Gasteiger partial charge in [0, 0.05) is 55.1 Å². The van der Waals surface area contributed by atoms with Crippen LogP contribution < -0.4 is 0 Å². The van der Waals surface area contributed by atoms with Gasteiger partial charge in [-0.3, -0.25) is 14.4 Å². The summed E-state index contributed by atoms with van der Waals surface area (Å²) < 4.78 is 2.89. The molecule has 154 valence electrons. The fraction of sp³-hybridized carbons (Fsp3) is 0.429. The Hall–Kier alpha value is -1.60. The standard InChI is InChI=1S/C21H24Cl2N4OS/c1-14-18(21(23)25(2)24-14)12-26-6-3-7-27(9-8-26)20(28)10-15-13-29-19-5-4-16(22)11-17(15)19/h4-5,11,13H,3,6-10,12H2,1-2H3. The predicted molar refractivity (Wildman–Crippen MR) is 120 cm³/mol. The van der Waals surface area contributed by atoms with Gasteiger partial charge >= 0.3 is 0 Å². The Balaban J connectivity index is 1.40. The molecule has 2 aromatic heterocycles. The lowest BCUT2D eigenvalue weighted by atomic mass is 10.1. The van der Waals surface area contributed by atoms with Crippen molar-refractivity contribution in [2.45, 2.75) is 26.3 Å². The number of nitrogens with zero attached hydrogens (tertiary/aromatic N) is 4. The van der Waals surface area contributed by atoms with Crippen LogP contribution >= 0.6 is 34.5 Å². The maximum Gasteiger partial charge on any atom is 0.227 e. The number of fused-ring (bicyclic) bond motifs is 1. The van der Waals surface area contributed by atoms with Crippen molar-refractivity contribution in [1.29, 1.82) is 0 Å². The number of hydrogen-bond acceptors (Lipinski definition) is 4. The highest BCUT2D eigenvalue weighted by molar-refractivity contribution is 7.17. The van der Waals surface area contributed by atoms with Crippen LogP contribution in [0.15, 0.2) is 23.6 Å². The second-order valence-corrected chi connectivity index (χ2v) is 9.27. The summed E-state index contributed by atoms with van der Waals surface area (Å²) >= 11 is 14.2. The van der Waals surface area contributed by atoms with Gasteiger partial charge in [-0.15, -0.1) is 11.3 Å². The summed E-state index contributed by atoms with van der Waals surface area (Å²) in [7, 11) is 1.86. The lowest BCUT2D eigenvalue weighted by Gasteiger charge is -2.22. The summed E-state index contributed by atoms with van der Waals surface area (Å²) in [5.41, 5.74) is 3.12. The largest absolute Gasteiger partial charge is 0.341 e. The molecule has 0 N–H and O–H groups in total. The van der Waals surface area contributed by atoms with Crippen LogP contribution in [0.4, 0.5) is 0 Å². The number of rotatable bonds is 4. The van der Waals surface area contributed by atoms with Crippen molar-refractivity contribution in [2.24, 2.45) is 7.05 Å². The molecular weight excluding hydrogens is 427 g/mol. The molecule has 0 atom stereocenters. The summed E-state index contributed by atoms with van der Waals surface area (Å²) in [4.78, 5) is 17.3. The fourth-order valence-corrected chi connectivity index (χ4v) is 5.27. The monoisotopic (exact) mass is 450 g/mol.